The number of morpholine rings is 1. The molecule has 0 radical (unpaired) electrons. The molecule has 42 heavy (non-hydrogen) atoms. The number of carboxylic acid groups (broad SMARTS) is 1. The fraction of sp³-hybridized carbons (Fsp3) is 0.258. The number of pyridine rings is 2. The zero-order chi connectivity index (χ0) is 28.5. The third-order valence-electron chi connectivity index (χ3n) is 7.64. The zero-order valence-corrected chi connectivity index (χ0v) is 22.9. The van der Waals surface area contributed by atoms with Crippen LogP contribution < -0.4 is 9.64 Å². The second-order valence-corrected chi connectivity index (χ2v) is 10.3. The predicted octanol–water partition coefficient (Wildman–Crippen LogP) is 4.52. The molecule has 0 aliphatic carbocycles. The van der Waals surface area contributed by atoms with Crippen LogP contribution in [0.4, 0.5) is 10.6 Å². The summed E-state index contributed by atoms with van der Waals surface area (Å²) in [4.78, 5) is 34.0. The first-order valence-electron chi connectivity index (χ1n) is 13.9. The van der Waals surface area contributed by atoms with Crippen LogP contribution in [0.25, 0.3) is 33.4 Å². The Kier molecular flexibility index (Phi) is 6.84. The summed E-state index contributed by atoms with van der Waals surface area (Å²) in [5.41, 5.74) is 6.04. The van der Waals surface area contributed by atoms with Gasteiger partial charge in [-0.15, -0.1) is 0 Å². The van der Waals surface area contributed by atoms with E-state index in [2.05, 4.69) is 9.88 Å². The Labute approximate surface area is 241 Å². The molecule has 11 heteroatoms. The van der Waals surface area contributed by atoms with Crippen LogP contribution in [-0.4, -0.2) is 79.8 Å². The lowest BCUT2D eigenvalue weighted by molar-refractivity contribution is 0.122. The van der Waals surface area contributed by atoms with Crippen LogP contribution in [0.2, 0.25) is 0 Å². The number of carbonyl (C=O) groups is 1. The molecule has 0 atom stereocenters. The fourth-order valence-corrected chi connectivity index (χ4v) is 5.38. The van der Waals surface area contributed by atoms with Gasteiger partial charge in [0.15, 0.2) is 11.5 Å². The molecule has 1 saturated heterocycles. The first kappa shape index (κ1) is 25.9. The number of aromatic nitrogens is 5. The fourth-order valence-electron chi connectivity index (χ4n) is 5.38. The van der Waals surface area contributed by atoms with Crippen molar-refractivity contribution in [2.24, 2.45) is 0 Å². The number of imidazole rings is 1. The minimum absolute atomic E-state index is 0.258. The third kappa shape index (κ3) is 5.10. The van der Waals surface area contributed by atoms with E-state index >= 15 is 0 Å². The zero-order valence-electron chi connectivity index (χ0n) is 22.9. The van der Waals surface area contributed by atoms with Crippen LogP contribution in [0.1, 0.15) is 17.8 Å². The summed E-state index contributed by atoms with van der Waals surface area (Å²) in [6, 6.07) is 15.8. The lowest BCUT2D eigenvalue weighted by atomic mass is 10.0. The number of hydrogen-bond donors (Lipinski definition) is 1. The van der Waals surface area contributed by atoms with Gasteiger partial charge < -0.3 is 24.4 Å². The number of fused-ring (bicyclic) bond motifs is 2. The molecule has 6 heterocycles. The van der Waals surface area contributed by atoms with Crippen LogP contribution in [0.3, 0.4) is 0 Å². The van der Waals surface area contributed by atoms with Crippen molar-refractivity contribution in [3.8, 4) is 17.1 Å². The second kappa shape index (κ2) is 11.1. The van der Waals surface area contributed by atoms with Gasteiger partial charge in [-0.25, -0.2) is 19.7 Å². The number of anilines is 1. The van der Waals surface area contributed by atoms with E-state index in [0.29, 0.717) is 38.6 Å². The number of amides is 1. The lowest BCUT2D eigenvalue weighted by Crippen LogP contribution is -2.37. The van der Waals surface area contributed by atoms with Gasteiger partial charge in [-0.2, -0.15) is 0 Å². The van der Waals surface area contributed by atoms with Gasteiger partial charge in [0.25, 0.3) is 0 Å². The first-order valence-corrected chi connectivity index (χ1v) is 13.9. The van der Waals surface area contributed by atoms with Gasteiger partial charge in [0.05, 0.1) is 42.0 Å². The summed E-state index contributed by atoms with van der Waals surface area (Å²) < 4.78 is 13.7. The maximum atomic E-state index is 11.2. The molecular weight excluding hydrogens is 534 g/mol. The monoisotopic (exact) mass is 563 g/mol. The van der Waals surface area contributed by atoms with Crippen molar-refractivity contribution in [3.63, 3.8) is 0 Å². The van der Waals surface area contributed by atoms with Crippen molar-refractivity contribution in [3.05, 3.63) is 84.6 Å². The quantitative estimate of drug-likeness (QED) is 0.318. The topological polar surface area (TPSA) is 118 Å². The molecule has 2 aliphatic heterocycles. The minimum Gasteiger partial charge on any atom is -0.471 e. The maximum Gasteiger partial charge on any atom is 0.407 e. The number of ether oxygens (including phenoxy) is 2. The summed E-state index contributed by atoms with van der Waals surface area (Å²) in [6.45, 7) is 3.87. The Morgan fingerprint density at radius 3 is 2.64 bits per heavy atom. The molecule has 1 aromatic carbocycles. The van der Waals surface area contributed by atoms with Crippen molar-refractivity contribution < 1.29 is 19.4 Å². The van der Waals surface area contributed by atoms with Gasteiger partial charge in [-0.3, -0.25) is 9.38 Å². The number of para-hydroxylation sites is 1. The smallest absolute Gasteiger partial charge is 0.407 e. The Morgan fingerprint density at radius 2 is 1.86 bits per heavy atom. The average Bonchev–Trinajstić information content (AvgIpc) is 3.48. The number of rotatable bonds is 6. The van der Waals surface area contributed by atoms with E-state index in [0.717, 1.165) is 63.7 Å². The highest BCUT2D eigenvalue weighted by Gasteiger charge is 2.21. The van der Waals surface area contributed by atoms with Crippen molar-refractivity contribution >= 4 is 34.0 Å². The third-order valence-corrected chi connectivity index (χ3v) is 7.64. The van der Waals surface area contributed by atoms with E-state index in [-0.39, 0.29) is 6.61 Å². The Morgan fingerprint density at radius 1 is 0.976 bits per heavy atom. The highest BCUT2D eigenvalue weighted by atomic mass is 16.5. The van der Waals surface area contributed by atoms with E-state index in [1.807, 2.05) is 77.6 Å². The largest absolute Gasteiger partial charge is 0.471 e. The molecule has 212 valence electrons. The SMILES string of the molecule is O=C(O)N1CC=C(c2ccc(-c3cnc(N4CCOCC4)c4nc(COc5ccc6ccccc6n5)cn34)cn2)CC1. The van der Waals surface area contributed by atoms with E-state index in [1.165, 1.54) is 4.90 Å². The van der Waals surface area contributed by atoms with Crippen molar-refractivity contribution in [1.29, 1.82) is 0 Å². The van der Waals surface area contributed by atoms with E-state index in [4.69, 9.17) is 24.4 Å². The summed E-state index contributed by atoms with van der Waals surface area (Å²) >= 11 is 0. The molecular formula is C31H29N7O4. The van der Waals surface area contributed by atoms with Crippen LogP contribution in [0, 0.1) is 0 Å². The molecule has 0 bridgehead atoms. The lowest BCUT2D eigenvalue weighted by Gasteiger charge is -2.28. The molecule has 0 spiro atoms. The van der Waals surface area contributed by atoms with Crippen LogP contribution in [0.5, 0.6) is 5.88 Å². The van der Waals surface area contributed by atoms with E-state index in [1.54, 1.807) is 0 Å². The second-order valence-electron chi connectivity index (χ2n) is 10.3. The minimum atomic E-state index is -0.899. The highest BCUT2D eigenvalue weighted by Crippen LogP contribution is 2.29. The van der Waals surface area contributed by atoms with Crippen LogP contribution >= 0.6 is 0 Å². The summed E-state index contributed by atoms with van der Waals surface area (Å²) in [5, 5.41) is 10.3. The Bertz CT molecular complexity index is 1800. The molecule has 4 aromatic heterocycles. The molecule has 0 saturated carbocycles. The molecule has 7 rings (SSSR count). The molecule has 1 fully saturated rings. The number of hydrogen-bond acceptors (Lipinski definition) is 8. The maximum absolute atomic E-state index is 11.2. The standard InChI is InChI=1S/C31H29N7O4/c39-31(40)37-11-9-22(10-12-37)25-7-5-23(17-32-25)27-18-33-29(36-13-15-41-16-14-36)30-34-24(19-38(27)30)20-42-28-8-6-21-3-1-2-4-26(21)35-28/h1-9,17-19H,10-16,20H2,(H,39,40). The van der Waals surface area contributed by atoms with Crippen molar-refractivity contribution in [1.82, 2.24) is 29.2 Å². The summed E-state index contributed by atoms with van der Waals surface area (Å²) in [7, 11) is 0. The van der Waals surface area contributed by atoms with Gasteiger partial charge in [-0.1, -0.05) is 24.3 Å². The van der Waals surface area contributed by atoms with E-state index in [9.17, 15) is 9.90 Å². The van der Waals surface area contributed by atoms with Crippen molar-refractivity contribution in [2.75, 3.05) is 44.3 Å². The van der Waals surface area contributed by atoms with Crippen molar-refractivity contribution in [2.45, 2.75) is 13.0 Å². The van der Waals surface area contributed by atoms with Crippen LogP contribution in [0.15, 0.2) is 73.2 Å². The molecule has 2 aliphatic rings. The summed E-state index contributed by atoms with van der Waals surface area (Å²) in [5.74, 6) is 1.35. The Hall–Kier alpha value is -5.03. The average molecular weight is 564 g/mol. The molecule has 11 nitrogen and oxygen atoms in total. The van der Waals surface area contributed by atoms with Gasteiger partial charge >= 0.3 is 6.09 Å². The number of nitrogens with zero attached hydrogens (tertiary/aromatic N) is 7. The number of benzene rings is 1. The van der Waals surface area contributed by atoms with E-state index < -0.39 is 6.09 Å². The Balaban J connectivity index is 1.19. The highest BCUT2D eigenvalue weighted by molar-refractivity contribution is 5.79. The molecule has 1 N–H and O–H groups in total. The molecule has 5 aromatic rings. The normalized spacial score (nSPS) is 15.7. The summed E-state index contributed by atoms with van der Waals surface area (Å²) in [6.07, 6.45) is 7.34. The van der Waals surface area contributed by atoms with Gasteiger partial charge in [0.1, 0.15) is 6.61 Å². The predicted molar refractivity (Wildman–Crippen MR) is 158 cm³/mol. The van der Waals surface area contributed by atoms with Gasteiger partial charge in [0, 0.05) is 55.6 Å². The van der Waals surface area contributed by atoms with Crippen LogP contribution in [-0.2, 0) is 11.3 Å². The molecule has 0 unspecified atom stereocenters. The van der Waals surface area contributed by atoms with Gasteiger partial charge in [0.2, 0.25) is 5.88 Å². The first-order chi connectivity index (χ1) is 20.6. The van der Waals surface area contributed by atoms with Gasteiger partial charge in [-0.05, 0) is 36.3 Å². The molecule has 1 amide bonds.